The van der Waals surface area contributed by atoms with E-state index in [1.807, 2.05) is 32.0 Å². The van der Waals surface area contributed by atoms with Crippen molar-refractivity contribution in [1.29, 1.82) is 0 Å². The van der Waals surface area contributed by atoms with Gasteiger partial charge >= 0.3 is 0 Å². The van der Waals surface area contributed by atoms with E-state index in [9.17, 15) is 4.79 Å². The van der Waals surface area contributed by atoms with Crippen LogP contribution in [0.25, 0.3) is 0 Å². The maximum Gasteiger partial charge on any atom is 0.257 e. The minimum atomic E-state index is -0.226. The highest BCUT2D eigenvalue weighted by molar-refractivity contribution is 9.10. The standard InChI is InChI=1S/C17H15BrN4O2/c1-10-3-5-14(13(18)7-10)20-17(23)12-4-6-15(19-9-12)21-16-8-11(2)24-22-16/h3-9H,1-2H3,(H,20,23)(H,19,21,22). The van der Waals surface area contributed by atoms with Crippen molar-refractivity contribution < 1.29 is 9.32 Å². The fraction of sp³-hybridized carbons (Fsp3) is 0.118. The third-order valence-electron chi connectivity index (χ3n) is 3.28. The molecule has 0 aliphatic heterocycles. The van der Waals surface area contributed by atoms with Gasteiger partial charge in [0.05, 0.1) is 11.3 Å². The van der Waals surface area contributed by atoms with Crippen LogP contribution >= 0.6 is 15.9 Å². The zero-order valence-corrected chi connectivity index (χ0v) is 14.7. The van der Waals surface area contributed by atoms with Crippen molar-refractivity contribution in [2.75, 3.05) is 10.6 Å². The summed E-state index contributed by atoms with van der Waals surface area (Å²) in [5, 5.41) is 9.68. The minimum absolute atomic E-state index is 0.226. The first-order valence-electron chi connectivity index (χ1n) is 7.25. The molecule has 2 aromatic heterocycles. The monoisotopic (exact) mass is 386 g/mol. The molecule has 0 atom stereocenters. The summed E-state index contributed by atoms with van der Waals surface area (Å²) in [6.45, 7) is 3.80. The minimum Gasteiger partial charge on any atom is -0.360 e. The van der Waals surface area contributed by atoms with E-state index in [2.05, 4.69) is 36.7 Å². The quantitative estimate of drug-likeness (QED) is 0.692. The summed E-state index contributed by atoms with van der Waals surface area (Å²) in [5.41, 5.74) is 2.29. The molecule has 1 amide bonds. The number of carbonyl (C=O) groups is 1. The summed E-state index contributed by atoms with van der Waals surface area (Å²) < 4.78 is 5.81. The lowest BCUT2D eigenvalue weighted by atomic mass is 10.2. The van der Waals surface area contributed by atoms with Crippen LogP contribution in [-0.4, -0.2) is 16.0 Å². The van der Waals surface area contributed by atoms with Crippen LogP contribution in [0.1, 0.15) is 21.7 Å². The zero-order chi connectivity index (χ0) is 17.1. The number of rotatable bonds is 4. The Labute approximate surface area is 147 Å². The molecule has 0 saturated heterocycles. The first-order chi connectivity index (χ1) is 11.5. The molecule has 0 radical (unpaired) electrons. The molecule has 3 rings (SSSR count). The molecule has 0 fully saturated rings. The smallest absolute Gasteiger partial charge is 0.257 e. The molecule has 0 aliphatic carbocycles. The average Bonchev–Trinajstić information content (AvgIpc) is 2.96. The van der Waals surface area contributed by atoms with Gasteiger partial charge in [0.2, 0.25) is 0 Å². The van der Waals surface area contributed by atoms with Gasteiger partial charge in [0, 0.05) is 16.7 Å². The number of hydrogen-bond acceptors (Lipinski definition) is 5. The second kappa shape index (κ2) is 6.84. The van der Waals surface area contributed by atoms with E-state index in [1.165, 1.54) is 6.20 Å². The van der Waals surface area contributed by atoms with Crippen molar-refractivity contribution in [3.8, 4) is 0 Å². The molecule has 24 heavy (non-hydrogen) atoms. The molecule has 2 N–H and O–H groups in total. The van der Waals surface area contributed by atoms with Crippen LogP contribution in [0, 0.1) is 13.8 Å². The van der Waals surface area contributed by atoms with E-state index in [-0.39, 0.29) is 5.91 Å². The van der Waals surface area contributed by atoms with Gasteiger partial charge in [0.25, 0.3) is 5.91 Å². The molecular formula is C17H15BrN4O2. The number of nitrogens with one attached hydrogen (secondary N) is 2. The number of aryl methyl sites for hydroxylation is 2. The van der Waals surface area contributed by atoms with Gasteiger partial charge in [-0.2, -0.15) is 0 Å². The van der Waals surface area contributed by atoms with Crippen LogP contribution in [0.5, 0.6) is 0 Å². The number of nitrogens with zero attached hydrogens (tertiary/aromatic N) is 2. The van der Waals surface area contributed by atoms with Crippen molar-refractivity contribution in [2.24, 2.45) is 0 Å². The predicted octanol–water partition coefficient (Wildman–Crippen LogP) is 4.44. The van der Waals surface area contributed by atoms with Gasteiger partial charge in [0.15, 0.2) is 5.82 Å². The molecule has 0 aliphatic rings. The van der Waals surface area contributed by atoms with E-state index in [1.54, 1.807) is 18.2 Å². The first kappa shape index (κ1) is 16.2. The zero-order valence-electron chi connectivity index (χ0n) is 13.1. The summed E-state index contributed by atoms with van der Waals surface area (Å²) in [6, 6.07) is 10.9. The Bertz CT molecular complexity index is 875. The summed E-state index contributed by atoms with van der Waals surface area (Å²) >= 11 is 3.44. The highest BCUT2D eigenvalue weighted by Crippen LogP contribution is 2.24. The lowest BCUT2D eigenvalue weighted by molar-refractivity contribution is 0.102. The Balaban J connectivity index is 1.69. The highest BCUT2D eigenvalue weighted by atomic mass is 79.9. The van der Waals surface area contributed by atoms with Crippen LogP contribution in [0.2, 0.25) is 0 Å². The molecule has 7 heteroatoms. The van der Waals surface area contributed by atoms with Crippen LogP contribution in [0.4, 0.5) is 17.3 Å². The third-order valence-corrected chi connectivity index (χ3v) is 3.94. The number of amides is 1. The van der Waals surface area contributed by atoms with Crippen molar-refractivity contribution in [3.63, 3.8) is 0 Å². The van der Waals surface area contributed by atoms with Gasteiger partial charge in [-0.25, -0.2) is 4.98 Å². The van der Waals surface area contributed by atoms with Crippen molar-refractivity contribution in [1.82, 2.24) is 10.1 Å². The van der Waals surface area contributed by atoms with E-state index in [0.717, 1.165) is 10.0 Å². The van der Waals surface area contributed by atoms with Crippen LogP contribution < -0.4 is 10.6 Å². The lowest BCUT2D eigenvalue weighted by Gasteiger charge is -2.08. The number of anilines is 3. The number of halogens is 1. The maximum absolute atomic E-state index is 12.3. The van der Waals surface area contributed by atoms with Crippen molar-refractivity contribution in [3.05, 3.63) is 64.0 Å². The van der Waals surface area contributed by atoms with Gasteiger partial charge in [-0.15, -0.1) is 0 Å². The second-order valence-electron chi connectivity index (χ2n) is 5.32. The van der Waals surface area contributed by atoms with Gasteiger partial charge in [-0.1, -0.05) is 11.2 Å². The summed E-state index contributed by atoms with van der Waals surface area (Å²) in [6.07, 6.45) is 1.51. The van der Waals surface area contributed by atoms with Gasteiger partial charge in [-0.05, 0) is 59.6 Å². The maximum atomic E-state index is 12.3. The lowest BCUT2D eigenvalue weighted by Crippen LogP contribution is -2.12. The van der Waals surface area contributed by atoms with Gasteiger partial charge < -0.3 is 15.2 Å². The Morgan fingerprint density at radius 1 is 1.12 bits per heavy atom. The van der Waals surface area contributed by atoms with E-state index in [4.69, 9.17) is 4.52 Å². The Hall–Kier alpha value is -2.67. The molecule has 1 aromatic carbocycles. The highest BCUT2D eigenvalue weighted by Gasteiger charge is 2.09. The van der Waals surface area contributed by atoms with Crippen molar-refractivity contribution in [2.45, 2.75) is 13.8 Å². The molecule has 0 bridgehead atoms. The second-order valence-corrected chi connectivity index (χ2v) is 6.17. The average molecular weight is 387 g/mol. The third kappa shape index (κ3) is 3.80. The molecule has 3 aromatic rings. The van der Waals surface area contributed by atoms with Gasteiger partial charge in [0.1, 0.15) is 11.6 Å². The van der Waals surface area contributed by atoms with Gasteiger partial charge in [-0.3, -0.25) is 4.79 Å². The molecule has 0 spiro atoms. The summed E-state index contributed by atoms with van der Waals surface area (Å²) in [5.74, 6) is 1.63. The predicted molar refractivity (Wildman–Crippen MR) is 95.6 cm³/mol. The number of carbonyl (C=O) groups excluding carboxylic acids is 1. The largest absolute Gasteiger partial charge is 0.360 e. The molecule has 122 valence electrons. The molecule has 6 nitrogen and oxygen atoms in total. The summed E-state index contributed by atoms with van der Waals surface area (Å²) in [7, 11) is 0. The van der Waals surface area contributed by atoms with E-state index < -0.39 is 0 Å². The Kier molecular flexibility index (Phi) is 4.61. The normalized spacial score (nSPS) is 10.5. The topological polar surface area (TPSA) is 80.0 Å². The van der Waals surface area contributed by atoms with Crippen LogP contribution in [-0.2, 0) is 0 Å². The van der Waals surface area contributed by atoms with Crippen LogP contribution in [0.15, 0.2) is 51.6 Å². The number of benzene rings is 1. The van der Waals surface area contributed by atoms with E-state index >= 15 is 0 Å². The SMILES string of the molecule is Cc1ccc(NC(=O)c2ccc(Nc3cc(C)on3)nc2)c(Br)c1. The number of pyridine rings is 1. The van der Waals surface area contributed by atoms with Crippen molar-refractivity contribution >= 4 is 39.2 Å². The molecule has 0 saturated carbocycles. The fourth-order valence-corrected chi connectivity index (χ4v) is 2.67. The Morgan fingerprint density at radius 2 is 1.96 bits per heavy atom. The molecule has 0 unspecified atom stereocenters. The summed E-state index contributed by atoms with van der Waals surface area (Å²) in [4.78, 5) is 16.5. The fourth-order valence-electron chi connectivity index (χ4n) is 2.07. The first-order valence-corrected chi connectivity index (χ1v) is 8.04. The van der Waals surface area contributed by atoms with E-state index in [0.29, 0.717) is 28.6 Å². The van der Waals surface area contributed by atoms with Crippen LogP contribution in [0.3, 0.4) is 0 Å². The number of hydrogen-bond donors (Lipinski definition) is 2. The Morgan fingerprint density at radius 3 is 2.58 bits per heavy atom. The molecule has 2 heterocycles. The molecular weight excluding hydrogens is 372 g/mol. The number of aromatic nitrogens is 2.